The molecule has 0 heterocycles. The van der Waals surface area contributed by atoms with E-state index in [-0.39, 0.29) is 66.1 Å². The molecule has 0 aromatic rings. The van der Waals surface area contributed by atoms with Crippen LogP contribution < -0.4 is 0 Å². The summed E-state index contributed by atoms with van der Waals surface area (Å²) >= 11 is 0. The second-order valence-corrected chi connectivity index (χ2v) is 34.9. The average Bonchev–Trinajstić information content (AvgIpc) is 3.05. The molecule has 0 saturated carbocycles. The van der Waals surface area contributed by atoms with Gasteiger partial charge >= 0.3 is 0 Å². The predicted octanol–water partition coefficient (Wildman–Crippen LogP) is 5.12. The van der Waals surface area contributed by atoms with E-state index < -0.39 is 63.8 Å². The van der Waals surface area contributed by atoms with Gasteiger partial charge in [-0.3, -0.25) is 0 Å². The molecular weight excluding hydrogens is 765 g/mol. The number of rotatable bonds is 38. The zero-order valence-corrected chi connectivity index (χ0v) is 39.9. The first kappa shape index (κ1) is 54.3. The Hall–Kier alpha value is 0.348. The Bertz CT molecular complexity index is 821. The summed E-state index contributed by atoms with van der Waals surface area (Å²) in [5.74, 6) is 0. The number of ether oxygens (including phenoxy) is 6. The summed E-state index contributed by atoms with van der Waals surface area (Å²) < 4.78 is 46.0. The van der Waals surface area contributed by atoms with Gasteiger partial charge in [-0.15, -0.1) is 0 Å². The summed E-state index contributed by atoms with van der Waals surface area (Å²) in [5, 5.41) is 50.6. The Kier molecular flexibility index (Phi) is 30.6. The van der Waals surface area contributed by atoms with Crippen molar-refractivity contribution in [3.8, 4) is 0 Å². The van der Waals surface area contributed by atoms with Crippen LogP contribution in [0.5, 0.6) is 0 Å². The van der Waals surface area contributed by atoms with Crippen molar-refractivity contribution >= 4 is 33.3 Å². The van der Waals surface area contributed by atoms with Gasteiger partial charge < -0.3 is 62.2 Å². The standard InChI is InChI=1S/C37H84O13Si4/c1-11-13-19-51(3,4)49-53(7,8)21-15-17-43-23-33(38)25-45-27-35(40)29-47-31-37(42)32-48-30-36(41)28-46-26-34(39)24-44-18-16-22-54(9,10)50-52(5,6)20-14-12-2/h33-42H,11-32H2,1-10H3. The highest BCUT2D eigenvalue weighted by Gasteiger charge is 2.33. The number of unbranched alkanes of at least 4 members (excludes halogenated alkanes) is 2. The molecule has 4 unspecified atom stereocenters. The van der Waals surface area contributed by atoms with Crippen molar-refractivity contribution in [2.45, 2.75) is 159 Å². The molecule has 0 aliphatic carbocycles. The van der Waals surface area contributed by atoms with E-state index in [2.05, 4.69) is 66.2 Å². The minimum Gasteiger partial charge on any atom is -0.455 e. The van der Waals surface area contributed by atoms with Gasteiger partial charge in [0.05, 0.1) is 66.1 Å². The Morgan fingerprint density at radius 1 is 0.333 bits per heavy atom. The summed E-state index contributed by atoms with van der Waals surface area (Å²) in [5.41, 5.74) is 0. The molecule has 17 heteroatoms. The van der Waals surface area contributed by atoms with Gasteiger partial charge in [0.1, 0.15) is 30.5 Å². The number of hydrogen-bond acceptors (Lipinski definition) is 13. The highest BCUT2D eigenvalue weighted by atomic mass is 28.4. The molecule has 0 bridgehead atoms. The molecule has 0 rings (SSSR count). The molecule has 0 aliphatic heterocycles. The highest BCUT2D eigenvalue weighted by molar-refractivity contribution is 6.85. The van der Waals surface area contributed by atoms with Crippen LogP contribution in [0.3, 0.4) is 0 Å². The molecule has 0 aromatic carbocycles. The minimum atomic E-state index is -1.75. The molecule has 0 aromatic heterocycles. The second kappa shape index (κ2) is 30.4. The molecule has 4 atom stereocenters. The first-order chi connectivity index (χ1) is 25.2. The predicted molar refractivity (Wildman–Crippen MR) is 225 cm³/mol. The van der Waals surface area contributed by atoms with E-state index in [0.717, 1.165) is 24.9 Å². The molecule has 0 aliphatic rings. The minimum absolute atomic E-state index is 0.0281. The van der Waals surface area contributed by atoms with E-state index in [9.17, 15) is 25.5 Å². The first-order valence-corrected chi connectivity index (χ1v) is 32.9. The van der Waals surface area contributed by atoms with E-state index >= 15 is 0 Å². The van der Waals surface area contributed by atoms with Gasteiger partial charge in [-0.25, -0.2) is 0 Å². The van der Waals surface area contributed by atoms with Crippen molar-refractivity contribution in [2.75, 3.05) is 79.3 Å². The van der Waals surface area contributed by atoms with Crippen molar-refractivity contribution < 1.29 is 62.2 Å². The van der Waals surface area contributed by atoms with Gasteiger partial charge in [0, 0.05) is 13.2 Å². The molecular formula is C37H84O13Si4. The Morgan fingerprint density at radius 2 is 0.537 bits per heavy atom. The molecule has 0 radical (unpaired) electrons. The van der Waals surface area contributed by atoms with Crippen LogP contribution >= 0.6 is 0 Å². The highest BCUT2D eigenvalue weighted by Crippen LogP contribution is 2.25. The van der Waals surface area contributed by atoms with Crippen LogP contribution in [0.15, 0.2) is 0 Å². The topological polar surface area (TPSA) is 175 Å². The Balaban J connectivity index is 3.85. The third-order valence-electron chi connectivity index (χ3n) is 8.61. The van der Waals surface area contributed by atoms with Gasteiger partial charge in [0.25, 0.3) is 0 Å². The number of aliphatic hydroxyl groups excluding tert-OH is 5. The SMILES string of the molecule is CCCC[Si](C)(C)O[Si](C)(C)CCCOCC(O)COCC(O)COCC(O)COCC(O)COCC(O)COCCC[Si](C)(C)O[Si](C)(C)CCCC. The van der Waals surface area contributed by atoms with Crippen LogP contribution in [-0.2, 0) is 36.7 Å². The zero-order chi connectivity index (χ0) is 41.1. The molecule has 5 N–H and O–H groups in total. The lowest BCUT2D eigenvalue weighted by molar-refractivity contribution is -0.0829. The fraction of sp³-hybridized carbons (Fsp3) is 1.00. The molecule has 326 valence electrons. The van der Waals surface area contributed by atoms with Crippen LogP contribution in [0.4, 0.5) is 0 Å². The maximum Gasteiger partial charge on any atom is 0.173 e. The smallest absolute Gasteiger partial charge is 0.173 e. The fourth-order valence-corrected chi connectivity index (χ4v) is 24.1. The van der Waals surface area contributed by atoms with E-state index in [1.54, 1.807) is 0 Å². The molecule has 0 spiro atoms. The van der Waals surface area contributed by atoms with Crippen LogP contribution in [0, 0.1) is 0 Å². The summed E-state index contributed by atoms with van der Waals surface area (Å²) in [6, 6.07) is 4.44. The van der Waals surface area contributed by atoms with Crippen molar-refractivity contribution in [1.29, 1.82) is 0 Å². The average molecular weight is 849 g/mol. The third-order valence-corrected chi connectivity index (χ3v) is 23.7. The van der Waals surface area contributed by atoms with Gasteiger partial charge in [-0.05, 0) is 89.4 Å². The van der Waals surface area contributed by atoms with Crippen LogP contribution in [0.1, 0.15) is 52.4 Å². The fourth-order valence-electron chi connectivity index (χ4n) is 6.14. The monoisotopic (exact) mass is 848 g/mol. The van der Waals surface area contributed by atoms with E-state index in [4.69, 9.17) is 36.7 Å². The van der Waals surface area contributed by atoms with Gasteiger partial charge in [0.2, 0.25) is 0 Å². The molecule has 54 heavy (non-hydrogen) atoms. The zero-order valence-electron chi connectivity index (χ0n) is 35.9. The second-order valence-electron chi connectivity index (χ2n) is 17.2. The summed E-state index contributed by atoms with van der Waals surface area (Å²) in [6.45, 7) is 23.9. The van der Waals surface area contributed by atoms with E-state index in [1.807, 2.05) is 0 Å². The lowest BCUT2D eigenvalue weighted by Gasteiger charge is -2.34. The van der Waals surface area contributed by atoms with Crippen molar-refractivity contribution in [3.63, 3.8) is 0 Å². The quantitative estimate of drug-likeness (QED) is 0.0410. The van der Waals surface area contributed by atoms with Crippen LogP contribution in [0.2, 0.25) is 76.6 Å². The van der Waals surface area contributed by atoms with Crippen molar-refractivity contribution in [3.05, 3.63) is 0 Å². The maximum atomic E-state index is 10.1. The summed E-state index contributed by atoms with van der Waals surface area (Å²) in [4.78, 5) is 0. The normalized spacial score (nSPS) is 16.1. The van der Waals surface area contributed by atoms with Gasteiger partial charge in [-0.1, -0.05) is 39.5 Å². The van der Waals surface area contributed by atoms with Gasteiger partial charge in [0.15, 0.2) is 33.3 Å². The first-order valence-electron chi connectivity index (χ1n) is 20.5. The third kappa shape index (κ3) is 33.3. The van der Waals surface area contributed by atoms with E-state index in [1.165, 1.54) is 37.8 Å². The lowest BCUT2D eigenvalue weighted by atomic mass is 10.3. The summed E-state index contributed by atoms with van der Waals surface area (Å²) in [7, 11) is -6.73. The number of hydrogen-bond donors (Lipinski definition) is 5. The molecule has 13 nitrogen and oxygen atoms in total. The van der Waals surface area contributed by atoms with Crippen LogP contribution in [-0.4, -0.2) is 169 Å². The van der Waals surface area contributed by atoms with Crippen molar-refractivity contribution in [1.82, 2.24) is 0 Å². The Labute approximate surface area is 333 Å². The Morgan fingerprint density at radius 3 is 0.759 bits per heavy atom. The largest absolute Gasteiger partial charge is 0.455 e. The van der Waals surface area contributed by atoms with Gasteiger partial charge in [-0.2, -0.15) is 0 Å². The number of aliphatic hydroxyl groups is 5. The molecule has 0 fully saturated rings. The van der Waals surface area contributed by atoms with E-state index in [0.29, 0.717) is 13.2 Å². The van der Waals surface area contributed by atoms with Crippen LogP contribution in [0.25, 0.3) is 0 Å². The molecule has 0 amide bonds. The molecule has 0 saturated heterocycles. The van der Waals surface area contributed by atoms with Crippen molar-refractivity contribution in [2.24, 2.45) is 0 Å². The maximum absolute atomic E-state index is 10.1. The summed E-state index contributed by atoms with van der Waals surface area (Å²) in [6.07, 6.45) is 2.23. The lowest BCUT2D eigenvalue weighted by Crippen LogP contribution is -2.44.